The van der Waals surface area contributed by atoms with Crippen molar-refractivity contribution in [2.45, 2.75) is 24.7 Å². The Morgan fingerprint density at radius 2 is 2.24 bits per heavy atom. The van der Waals surface area contributed by atoms with Gasteiger partial charge in [0.25, 0.3) is 5.91 Å². The highest BCUT2D eigenvalue weighted by Crippen LogP contribution is 2.30. The fraction of sp³-hybridized carbons (Fsp3) is 0.444. The number of unbranched alkanes of at least 4 members (excludes halogenated alkanes) is 1. The summed E-state index contributed by atoms with van der Waals surface area (Å²) in [5.74, 6) is -0.279. The third kappa shape index (κ3) is 4.06. The molecule has 0 bridgehead atoms. The predicted molar refractivity (Wildman–Crippen MR) is 70.6 cm³/mol. The van der Waals surface area contributed by atoms with Gasteiger partial charge in [-0.2, -0.15) is 0 Å². The van der Waals surface area contributed by atoms with Gasteiger partial charge in [0.2, 0.25) is 10.0 Å². The molecule has 8 heteroatoms. The second-order valence-corrected chi connectivity index (χ2v) is 7.30. The largest absolute Gasteiger partial charge is 0.351 e. The molecule has 1 rings (SSSR count). The Balaban J connectivity index is 2.83. The van der Waals surface area contributed by atoms with E-state index in [2.05, 4.69) is 21.2 Å². The fourth-order valence-electron chi connectivity index (χ4n) is 1.12. The lowest BCUT2D eigenvalue weighted by atomic mass is 10.3. The van der Waals surface area contributed by atoms with Gasteiger partial charge in [0, 0.05) is 6.54 Å². The van der Waals surface area contributed by atoms with E-state index in [0.717, 1.165) is 24.2 Å². The fourth-order valence-corrected chi connectivity index (χ4v) is 4.19. The standard InChI is InChI=1S/C9H13BrN2O3S2/c1-2-3-4-12-9(13)6-5-7(8(10)16-6)17(11,14)15/h5H,2-4H2,1H3,(H,12,13)(H2,11,14,15). The van der Waals surface area contributed by atoms with Crippen LogP contribution in [0.15, 0.2) is 14.7 Å². The molecule has 5 nitrogen and oxygen atoms in total. The summed E-state index contributed by atoms with van der Waals surface area (Å²) >= 11 is 4.14. The lowest BCUT2D eigenvalue weighted by Gasteiger charge is -2.00. The topological polar surface area (TPSA) is 89.3 Å². The lowest BCUT2D eigenvalue weighted by Crippen LogP contribution is -2.23. The first-order valence-corrected chi connectivity index (χ1v) is 8.12. The number of hydrogen-bond donors (Lipinski definition) is 2. The zero-order valence-corrected chi connectivity index (χ0v) is 12.4. The summed E-state index contributed by atoms with van der Waals surface area (Å²) in [6.07, 6.45) is 1.87. The quantitative estimate of drug-likeness (QED) is 0.799. The summed E-state index contributed by atoms with van der Waals surface area (Å²) in [6, 6.07) is 1.28. The Morgan fingerprint density at radius 3 is 2.71 bits per heavy atom. The number of halogens is 1. The number of hydrogen-bond acceptors (Lipinski definition) is 4. The van der Waals surface area contributed by atoms with Crippen LogP contribution >= 0.6 is 27.3 Å². The zero-order valence-electron chi connectivity index (χ0n) is 9.20. The maximum absolute atomic E-state index is 11.7. The average molecular weight is 341 g/mol. The summed E-state index contributed by atoms with van der Waals surface area (Å²) in [7, 11) is -3.79. The van der Waals surface area contributed by atoms with Crippen molar-refractivity contribution in [3.8, 4) is 0 Å². The number of carbonyl (C=O) groups is 1. The SMILES string of the molecule is CCCCNC(=O)c1cc(S(N)(=O)=O)c(Br)s1. The van der Waals surface area contributed by atoms with Gasteiger partial charge in [0.05, 0.1) is 8.66 Å². The zero-order chi connectivity index (χ0) is 13.1. The Hall–Kier alpha value is -0.440. The van der Waals surface area contributed by atoms with Crippen molar-refractivity contribution in [3.63, 3.8) is 0 Å². The molecule has 0 radical (unpaired) electrons. The first-order valence-electron chi connectivity index (χ1n) is 4.96. The average Bonchev–Trinajstić information content (AvgIpc) is 2.60. The molecule has 0 aliphatic carbocycles. The number of sulfonamides is 1. The number of primary sulfonamides is 1. The van der Waals surface area contributed by atoms with E-state index in [4.69, 9.17) is 5.14 Å². The first-order chi connectivity index (χ1) is 7.86. The van der Waals surface area contributed by atoms with Crippen LogP contribution in [0.5, 0.6) is 0 Å². The maximum Gasteiger partial charge on any atom is 0.261 e. The van der Waals surface area contributed by atoms with Crippen LogP contribution < -0.4 is 10.5 Å². The Labute approximate surface area is 113 Å². The van der Waals surface area contributed by atoms with Crippen LogP contribution in [0.4, 0.5) is 0 Å². The smallest absolute Gasteiger partial charge is 0.261 e. The Bertz CT molecular complexity index is 510. The molecule has 0 saturated heterocycles. The van der Waals surface area contributed by atoms with Crippen molar-refractivity contribution >= 4 is 43.2 Å². The first kappa shape index (κ1) is 14.6. The molecule has 1 aromatic rings. The van der Waals surface area contributed by atoms with Gasteiger partial charge in [-0.25, -0.2) is 13.6 Å². The minimum atomic E-state index is -3.79. The molecule has 0 aromatic carbocycles. The molecule has 3 N–H and O–H groups in total. The lowest BCUT2D eigenvalue weighted by molar-refractivity contribution is 0.0957. The van der Waals surface area contributed by atoms with Crippen molar-refractivity contribution in [2.24, 2.45) is 5.14 Å². The van der Waals surface area contributed by atoms with Crippen LogP contribution in [0.2, 0.25) is 0 Å². The van der Waals surface area contributed by atoms with E-state index in [9.17, 15) is 13.2 Å². The summed E-state index contributed by atoms with van der Waals surface area (Å²) in [4.78, 5) is 11.9. The maximum atomic E-state index is 11.7. The van der Waals surface area contributed by atoms with Crippen molar-refractivity contribution < 1.29 is 13.2 Å². The third-order valence-electron chi connectivity index (χ3n) is 2.00. The summed E-state index contributed by atoms with van der Waals surface area (Å²) in [5, 5.41) is 7.72. The Kier molecular flexibility index (Phi) is 5.11. The molecule has 17 heavy (non-hydrogen) atoms. The number of nitrogens with two attached hydrogens (primary N) is 1. The number of amides is 1. The highest BCUT2D eigenvalue weighted by Gasteiger charge is 2.19. The second kappa shape index (κ2) is 5.94. The van der Waals surface area contributed by atoms with E-state index in [-0.39, 0.29) is 10.8 Å². The van der Waals surface area contributed by atoms with Crippen LogP contribution in [0, 0.1) is 0 Å². The van der Waals surface area contributed by atoms with E-state index in [1.165, 1.54) is 6.07 Å². The molecule has 0 aliphatic heterocycles. The molecule has 0 aliphatic rings. The number of rotatable bonds is 5. The van der Waals surface area contributed by atoms with Crippen molar-refractivity contribution in [1.82, 2.24) is 5.32 Å². The minimum absolute atomic E-state index is 0.0526. The highest BCUT2D eigenvalue weighted by atomic mass is 79.9. The van der Waals surface area contributed by atoms with Gasteiger partial charge in [0.15, 0.2) is 0 Å². The van der Waals surface area contributed by atoms with E-state index in [0.29, 0.717) is 15.2 Å². The van der Waals surface area contributed by atoms with Gasteiger partial charge >= 0.3 is 0 Å². The van der Waals surface area contributed by atoms with Gasteiger partial charge in [-0.1, -0.05) is 13.3 Å². The van der Waals surface area contributed by atoms with Crippen LogP contribution in [-0.4, -0.2) is 20.9 Å². The molecule has 96 valence electrons. The van der Waals surface area contributed by atoms with Gasteiger partial charge in [0.1, 0.15) is 4.90 Å². The number of nitrogens with one attached hydrogen (secondary N) is 1. The van der Waals surface area contributed by atoms with Gasteiger partial charge in [-0.3, -0.25) is 4.79 Å². The second-order valence-electron chi connectivity index (χ2n) is 3.40. The molecule has 0 spiro atoms. The predicted octanol–water partition coefficient (Wildman–Crippen LogP) is 1.69. The summed E-state index contributed by atoms with van der Waals surface area (Å²) < 4.78 is 22.7. The van der Waals surface area contributed by atoms with E-state index in [1.807, 2.05) is 6.92 Å². The summed E-state index contributed by atoms with van der Waals surface area (Å²) in [5.41, 5.74) is 0. The highest BCUT2D eigenvalue weighted by molar-refractivity contribution is 9.11. The molecular formula is C9H13BrN2O3S2. The van der Waals surface area contributed by atoms with Crippen molar-refractivity contribution in [2.75, 3.05) is 6.54 Å². The third-order valence-corrected chi connectivity index (χ3v) is 5.16. The van der Waals surface area contributed by atoms with Gasteiger partial charge < -0.3 is 5.32 Å². The molecular weight excluding hydrogens is 328 g/mol. The molecule has 0 fully saturated rings. The van der Waals surface area contributed by atoms with Gasteiger partial charge in [-0.15, -0.1) is 11.3 Å². The Morgan fingerprint density at radius 1 is 1.59 bits per heavy atom. The molecule has 0 saturated carbocycles. The van der Waals surface area contributed by atoms with Crippen molar-refractivity contribution in [1.29, 1.82) is 0 Å². The van der Waals surface area contributed by atoms with Crippen molar-refractivity contribution in [3.05, 3.63) is 14.7 Å². The van der Waals surface area contributed by atoms with Gasteiger partial charge in [-0.05, 0) is 28.4 Å². The van der Waals surface area contributed by atoms with Crippen LogP contribution in [0.1, 0.15) is 29.4 Å². The molecule has 1 aromatic heterocycles. The van der Waals surface area contributed by atoms with E-state index < -0.39 is 10.0 Å². The molecule has 0 atom stereocenters. The van der Waals surface area contributed by atoms with E-state index >= 15 is 0 Å². The molecule has 1 heterocycles. The monoisotopic (exact) mass is 340 g/mol. The van der Waals surface area contributed by atoms with E-state index in [1.54, 1.807) is 0 Å². The molecule has 0 unspecified atom stereocenters. The van der Waals surface area contributed by atoms with Crippen LogP contribution in [0.25, 0.3) is 0 Å². The number of carbonyl (C=O) groups excluding carboxylic acids is 1. The molecule has 1 amide bonds. The normalized spacial score (nSPS) is 11.5. The van der Waals surface area contributed by atoms with Crippen LogP contribution in [0.3, 0.4) is 0 Å². The number of thiophene rings is 1. The van der Waals surface area contributed by atoms with Crippen LogP contribution in [-0.2, 0) is 10.0 Å². The minimum Gasteiger partial charge on any atom is -0.351 e. The summed E-state index contributed by atoms with van der Waals surface area (Å²) in [6.45, 7) is 2.60.